The number of hydrogen-bond donors (Lipinski definition) is 1. The monoisotopic (exact) mass is 448 g/mol. The van der Waals surface area contributed by atoms with Crippen molar-refractivity contribution < 1.29 is 27.4 Å². The standard InChI is InChI=1S/C22H28N2O6S/c1-15-7-9-19(29-3)21(12-15)31(26,27)24-11-5-6-16(14-24)22(25)23-17-8-10-18(28-2)20(13-17)30-4/h7-10,12-13,16H,5-6,11,14H2,1-4H3,(H,23,25)/t16-/m0/s1. The number of carbonyl (C=O) groups is 1. The largest absolute Gasteiger partial charge is 0.495 e. The first kappa shape index (κ1) is 22.9. The molecule has 0 bridgehead atoms. The summed E-state index contributed by atoms with van der Waals surface area (Å²) in [7, 11) is 0.708. The number of sulfonamides is 1. The SMILES string of the molecule is COc1ccc(NC(=O)[C@H]2CCCN(S(=O)(=O)c3cc(C)ccc3OC)C2)cc1OC. The van der Waals surface area contributed by atoms with Crippen LogP contribution in [-0.2, 0) is 14.8 Å². The quantitative estimate of drug-likeness (QED) is 0.700. The van der Waals surface area contributed by atoms with Crippen LogP contribution < -0.4 is 19.5 Å². The molecule has 8 nitrogen and oxygen atoms in total. The third kappa shape index (κ3) is 4.94. The lowest BCUT2D eigenvalue weighted by Gasteiger charge is -2.31. The Morgan fingerprint density at radius 3 is 2.35 bits per heavy atom. The van der Waals surface area contributed by atoms with Gasteiger partial charge in [-0.25, -0.2) is 8.42 Å². The summed E-state index contributed by atoms with van der Waals surface area (Å²) >= 11 is 0. The zero-order valence-corrected chi connectivity index (χ0v) is 19.0. The van der Waals surface area contributed by atoms with Gasteiger partial charge in [0, 0.05) is 24.8 Å². The van der Waals surface area contributed by atoms with Crippen molar-refractivity contribution >= 4 is 21.6 Å². The molecule has 0 radical (unpaired) electrons. The molecule has 1 amide bonds. The summed E-state index contributed by atoms with van der Waals surface area (Å²) in [4.78, 5) is 13.0. The topological polar surface area (TPSA) is 94.2 Å². The van der Waals surface area contributed by atoms with Crippen molar-refractivity contribution in [3.63, 3.8) is 0 Å². The van der Waals surface area contributed by atoms with Gasteiger partial charge in [0.1, 0.15) is 10.6 Å². The van der Waals surface area contributed by atoms with Gasteiger partial charge in [0.05, 0.1) is 27.2 Å². The van der Waals surface area contributed by atoms with E-state index in [0.29, 0.717) is 42.3 Å². The first-order valence-electron chi connectivity index (χ1n) is 9.97. The number of amides is 1. The zero-order chi connectivity index (χ0) is 22.6. The predicted molar refractivity (Wildman–Crippen MR) is 117 cm³/mol. The van der Waals surface area contributed by atoms with E-state index in [2.05, 4.69) is 5.32 Å². The Bertz CT molecular complexity index is 1050. The lowest BCUT2D eigenvalue weighted by molar-refractivity contribution is -0.120. The Morgan fingerprint density at radius 2 is 1.68 bits per heavy atom. The van der Waals surface area contributed by atoms with Gasteiger partial charge in [-0.1, -0.05) is 6.07 Å². The molecule has 0 aromatic heterocycles. The zero-order valence-electron chi connectivity index (χ0n) is 18.2. The van der Waals surface area contributed by atoms with Crippen LogP contribution in [0.15, 0.2) is 41.3 Å². The van der Waals surface area contributed by atoms with Crippen LogP contribution in [0.4, 0.5) is 5.69 Å². The molecule has 31 heavy (non-hydrogen) atoms. The minimum atomic E-state index is -3.79. The Morgan fingerprint density at radius 1 is 1.00 bits per heavy atom. The van der Waals surface area contributed by atoms with Gasteiger partial charge in [0.25, 0.3) is 0 Å². The maximum absolute atomic E-state index is 13.3. The number of nitrogens with one attached hydrogen (secondary N) is 1. The average molecular weight is 449 g/mol. The van der Waals surface area contributed by atoms with E-state index in [9.17, 15) is 13.2 Å². The van der Waals surface area contributed by atoms with Gasteiger partial charge in [-0.05, 0) is 49.6 Å². The summed E-state index contributed by atoms with van der Waals surface area (Å²) in [5, 5.41) is 2.86. The van der Waals surface area contributed by atoms with E-state index in [1.807, 2.05) is 6.92 Å². The second-order valence-corrected chi connectivity index (χ2v) is 9.32. The van der Waals surface area contributed by atoms with E-state index in [1.165, 1.54) is 25.6 Å². The first-order valence-corrected chi connectivity index (χ1v) is 11.4. The molecule has 0 unspecified atom stereocenters. The maximum Gasteiger partial charge on any atom is 0.246 e. The van der Waals surface area contributed by atoms with Crippen molar-refractivity contribution in [2.45, 2.75) is 24.7 Å². The molecule has 9 heteroatoms. The molecule has 1 saturated heterocycles. The molecular weight excluding hydrogens is 420 g/mol. The summed E-state index contributed by atoms with van der Waals surface area (Å²) in [6.07, 6.45) is 1.20. The van der Waals surface area contributed by atoms with E-state index in [0.717, 1.165) is 5.56 Å². The second-order valence-electron chi connectivity index (χ2n) is 7.42. The number of aryl methyl sites for hydroxylation is 1. The van der Waals surface area contributed by atoms with Crippen molar-refractivity contribution in [3.8, 4) is 17.2 Å². The van der Waals surface area contributed by atoms with Crippen LogP contribution in [0.2, 0.25) is 0 Å². The van der Waals surface area contributed by atoms with Gasteiger partial charge in [-0.3, -0.25) is 4.79 Å². The van der Waals surface area contributed by atoms with E-state index < -0.39 is 15.9 Å². The molecule has 1 aliphatic heterocycles. The van der Waals surface area contributed by atoms with E-state index in [4.69, 9.17) is 14.2 Å². The van der Waals surface area contributed by atoms with E-state index in [-0.39, 0.29) is 17.3 Å². The lowest BCUT2D eigenvalue weighted by Crippen LogP contribution is -2.43. The Kier molecular flexibility index (Phi) is 7.07. The van der Waals surface area contributed by atoms with Gasteiger partial charge in [-0.2, -0.15) is 4.31 Å². The van der Waals surface area contributed by atoms with Gasteiger partial charge < -0.3 is 19.5 Å². The van der Waals surface area contributed by atoms with Crippen LogP contribution in [0.25, 0.3) is 0 Å². The number of anilines is 1. The molecule has 2 aromatic carbocycles. The molecular formula is C22H28N2O6S. The molecule has 1 aliphatic rings. The molecule has 1 atom stereocenters. The van der Waals surface area contributed by atoms with Gasteiger partial charge in [0.2, 0.25) is 15.9 Å². The third-order valence-corrected chi connectivity index (χ3v) is 7.23. The lowest BCUT2D eigenvalue weighted by atomic mass is 9.98. The number of benzene rings is 2. The van der Waals surface area contributed by atoms with Crippen LogP contribution in [0.5, 0.6) is 17.2 Å². The average Bonchev–Trinajstić information content (AvgIpc) is 2.79. The molecule has 168 valence electrons. The van der Waals surface area contributed by atoms with Crippen molar-refractivity contribution in [3.05, 3.63) is 42.0 Å². The van der Waals surface area contributed by atoms with Crippen molar-refractivity contribution in [1.82, 2.24) is 4.31 Å². The minimum Gasteiger partial charge on any atom is -0.495 e. The molecule has 3 rings (SSSR count). The molecule has 0 saturated carbocycles. The predicted octanol–water partition coefficient (Wildman–Crippen LogP) is 3.06. The summed E-state index contributed by atoms with van der Waals surface area (Å²) in [6, 6.07) is 10.1. The minimum absolute atomic E-state index is 0.110. The summed E-state index contributed by atoms with van der Waals surface area (Å²) in [6.45, 7) is 2.30. The van der Waals surface area contributed by atoms with Crippen LogP contribution in [0.1, 0.15) is 18.4 Å². The number of nitrogens with zero attached hydrogens (tertiary/aromatic N) is 1. The number of piperidine rings is 1. The highest BCUT2D eigenvalue weighted by atomic mass is 32.2. The fraction of sp³-hybridized carbons (Fsp3) is 0.409. The molecule has 0 spiro atoms. The van der Waals surface area contributed by atoms with Gasteiger partial charge in [-0.15, -0.1) is 0 Å². The normalized spacial score (nSPS) is 17.1. The van der Waals surface area contributed by atoms with Crippen LogP contribution >= 0.6 is 0 Å². The number of carbonyl (C=O) groups excluding carboxylic acids is 1. The molecule has 1 N–H and O–H groups in total. The highest BCUT2D eigenvalue weighted by Gasteiger charge is 2.35. The van der Waals surface area contributed by atoms with E-state index >= 15 is 0 Å². The Balaban J connectivity index is 1.77. The molecule has 0 aliphatic carbocycles. The van der Waals surface area contributed by atoms with Crippen LogP contribution in [-0.4, -0.2) is 53.0 Å². The molecule has 1 fully saturated rings. The maximum atomic E-state index is 13.3. The van der Waals surface area contributed by atoms with Crippen LogP contribution in [0.3, 0.4) is 0 Å². The van der Waals surface area contributed by atoms with Gasteiger partial charge in [0.15, 0.2) is 11.5 Å². The molecule has 2 aromatic rings. The number of methoxy groups -OCH3 is 3. The smallest absolute Gasteiger partial charge is 0.246 e. The molecule has 1 heterocycles. The van der Waals surface area contributed by atoms with Crippen molar-refractivity contribution in [2.75, 3.05) is 39.7 Å². The number of ether oxygens (including phenoxy) is 3. The van der Waals surface area contributed by atoms with E-state index in [1.54, 1.807) is 36.4 Å². The fourth-order valence-corrected chi connectivity index (χ4v) is 5.42. The summed E-state index contributed by atoms with van der Waals surface area (Å²) in [5.74, 6) is 0.653. The van der Waals surface area contributed by atoms with Crippen molar-refractivity contribution in [1.29, 1.82) is 0 Å². The summed E-state index contributed by atoms with van der Waals surface area (Å²) in [5.41, 5.74) is 1.38. The van der Waals surface area contributed by atoms with Crippen molar-refractivity contribution in [2.24, 2.45) is 5.92 Å². The highest BCUT2D eigenvalue weighted by molar-refractivity contribution is 7.89. The highest BCUT2D eigenvalue weighted by Crippen LogP contribution is 2.32. The Hall–Kier alpha value is -2.78. The second kappa shape index (κ2) is 9.57. The first-order chi connectivity index (χ1) is 14.8. The third-order valence-electron chi connectivity index (χ3n) is 5.34. The summed E-state index contributed by atoms with van der Waals surface area (Å²) < 4.78 is 43.7. The van der Waals surface area contributed by atoms with Crippen LogP contribution in [0, 0.1) is 12.8 Å². The number of rotatable bonds is 7. The Labute approximate surface area is 183 Å². The number of hydrogen-bond acceptors (Lipinski definition) is 6. The fourth-order valence-electron chi connectivity index (χ4n) is 3.66. The van der Waals surface area contributed by atoms with Gasteiger partial charge >= 0.3 is 0 Å².